The van der Waals surface area contributed by atoms with Crippen molar-refractivity contribution in [3.8, 4) is 0 Å². The third-order valence-corrected chi connectivity index (χ3v) is 4.22. The summed E-state index contributed by atoms with van der Waals surface area (Å²) in [7, 11) is -1.24. The lowest BCUT2D eigenvalue weighted by atomic mass is 9.87. The van der Waals surface area contributed by atoms with Crippen molar-refractivity contribution in [2.75, 3.05) is 27.4 Å². The van der Waals surface area contributed by atoms with Crippen molar-refractivity contribution in [3.05, 3.63) is 0 Å². The first-order valence-corrected chi connectivity index (χ1v) is 7.53. The van der Waals surface area contributed by atoms with E-state index < -0.39 is 31.2 Å². The normalized spacial score (nSPS) is 28.7. The number of hydrogen-bond acceptors (Lipinski definition) is 7. The van der Waals surface area contributed by atoms with E-state index in [0.717, 1.165) is 0 Å². The van der Waals surface area contributed by atoms with Crippen molar-refractivity contribution in [2.45, 2.75) is 26.4 Å². The van der Waals surface area contributed by atoms with Crippen molar-refractivity contribution < 1.29 is 32.5 Å². The highest BCUT2D eigenvalue weighted by Crippen LogP contribution is 2.56. The number of rotatable bonds is 5. The highest BCUT2D eigenvalue weighted by atomic mass is 31.2. The van der Waals surface area contributed by atoms with Crippen molar-refractivity contribution in [2.24, 2.45) is 5.41 Å². The Kier molecular flexibility index (Phi) is 5.70. The smallest absolute Gasteiger partial charge is 0.469 e. The largest absolute Gasteiger partial charge is 0.475 e. The van der Waals surface area contributed by atoms with Crippen LogP contribution in [0.15, 0.2) is 0 Å². The Balaban J connectivity index is 2.63. The zero-order valence-electron chi connectivity index (χ0n) is 12.0. The third kappa shape index (κ3) is 4.28. The van der Waals surface area contributed by atoms with Gasteiger partial charge in [-0.25, -0.2) is 4.57 Å². The monoisotopic (exact) mass is 309 g/mol. The summed E-state index contributed by atoms with van der Waals surface area (Å²) in [5, 5.41) is 2.54. The quantitative estimate of drug-likeness (QED) is 0.594. The number of hydrogen-bond donors (Lipinski definition) is 1. The summed E-state index contributed by atoms with van der Waals surface area (Å²) in [6, 6.07) is 0. The molecular formula is C11H20NO7P. The molecule has 0 spiro atoms. The minimum Gasteiger partial charge on any atom is -0.469 e. The minimum absolute atomic E-state index is 0.0494. The zero-order chi connectivity index (χ0) is 15.4. The average Bonchev–Trinajstić information content (AvgIpc) is 2.41. The van der Waals surface area contributed by atoms with E-state index in [1.54, 1.807) is 13.8 Å². The van der Waals surface area contributed by atoms with Gasteiger partial charge in [-0.3, -0.25) is 23.2 Å². The number of methoxy groups -OCH3 is 1. The van der Waals surface area contributed by atoms with Gasteiger partial charge in [0, 0.05) is 19.1 Å². The SMILES string of the molecule is COC(=O)CCNC(=O)[C@@H]1O[P@@](=O)(OC)OCC1(C)C. The van der Waals surface area contributed by atoms with Crippen LogP contribution in [0.25, 0.3) is 0 Å². The first-order chi connectivity index (χ1) is 9.24. The van der Waals surface area contributed by atoms with E-state index in [4.69, 9.17) is 9.05 Å². The molecular weight excluding hydrogens is 289 g/mol. The van der Waals surface area contributed by atoms with Crippen LogP contribution >= 0.6 is 7.82 Å². The number of nitrogens with one attached hydrogen (secondary N) is 1. The molecule has 0 aromatic heterocycles. The summed E-state index contributed by atoms with van der Waals surface area (Å²) in [6.07, 6.45) is -0.937. The summed E-state index contributed by atoms with van der Waals surface area (Å²) in [4.78, 5) is 23.0. The molecule has 0 unspecified atom stereocenters. The van der Waals surface area contributed by atoms with Crippen molar-refractivity contribution in [3.63, 3.8) is 0 Å². The van der Waals surface area contributed by atoms with Crippen molar-refractivity contribution in [1.29, 1.82) is 0 Å². The number of carbonyl (C=O) groups is 2. The van der Waals surface area contributed by atoms with Crippen LogP contribution in [0.2, 0.25) is 0 Å². The summed E-state index contributed by atoms with van der Waals surface area (Å²) in [6.45, 7) is 3.67. The Bertz CT molecular complexity index is 423. The molecule has 1 amide bonds. The molecule has 20 heavy (non-hydrogen) atoms. The Morgan fingerprint density at radius 1 is 1.40 bits per heavy atom. The average molecular weight is 309 g/mol. The number of phosphoric ester groups is 1. The molecule has 2 atom stereocenters. The van der Waals surface area contributed by atoms with Gasteiger partial charge < -0.3 is 10.1 Å². The Labute approximate surface area is 117 Å². The van der Waals surface area contributed by atoms with Crippen LogP contribution < -0.4 is 5.32 Å². The van der Waals surface area contributed by atoms with Gasteiger partial charge in [-0.2, -0.15) is 0 Å². The molecule has 1 rings (SSSR count). The standard InChI is InChI=1S/C11H20NO7P/c1-11(2)7-18-20(15,17-4)19-9(11)10(14)12-6-5-8(13)16-3/h9H,5-7H2,1-4H3,(H,12,14)/t9-,20-/m0/s1. The third-order valence-electron chi connectivity index (χ3n) is 2.86. The van der Waals surface area contributed by atoms with Crippen LogP contribution in [0.5, 0.6) is 0 Å². The molecule has 8 nitrogen and oxygen atoms in total. The minimum atomic E-state index is -3.69. The predicted octanol–water partition coefficient (Wildman–Crippen LogP) is 0.862. The summed E-state index contributed by atoms with van der Waals surface area (Å²) < 4.78 is 31.2. The lowest BCUT2D eigenvalue weighted by molar-refractivity contribution is -0.142. The second-order valence-electron chi connectivity index (χ2n) is 4.99. The second-order valence-corrected chi connectivity index (χ2v) is 6.72. The van der Waals surface area contributed by atoms with Crippen LogP contribution in [0.1, 0.15) is 20.3 Å². The van der Waals surface area contributed by atoms with Crippen LogP contribution in [-0.4, -0.2) is 45.4 Å². The zero-order valence-corrected chi connectivity index (χ0v) is 12.9. The molecule has 0 bridgehead atoms. The first-order valence-electron chi connectivity index (χ1n) is 6.07. The Hall–Kier alpha value is -0.950. The molecule has 1 heterocycles. The fourth-order valence-electron chi connectivity index (χ4n) is 1.60. The lowest BCUT2D eigenvalue weighted by Gasteiger charge is -2.39. The van der Waals surface area contributed by atoms with Gasteiger partial charge >= 0.3 is 13.8 Å². The van der Waals surface area contributed by atoms with E-state index in [1.807, 2.05) is 0 Å². The van der Waals surface area contributed by atoms with Crippen LogP contribution in [0.4, 0.5) is 0 Å². The number of ether oxygens (including phenoxy) is 1. The van der Waals surface area contributed by atoms with E-state index >= 15 is 0 Å². The van der Waals surface area contributed by atoms with Gasteiger partial charge in [0.05, 0.1) is 20.1 Å². The molecule has 1 fully saturated rings. The van der Waals surface area contributed by atoms with Gasteiger partial charge in [-0.05, 0) is 0 Å². The van der Waals surface area contributed by atoms with Crippen molar-refractivity contribution in [1.82, 2.24) is 5.32 Å². The Morgan fingerprint density at radius 2 is 2.05 bits per heavy atom. The predicted molar refractivity (Wildman–Crippen MR) is 68.9 cm³/mol. The van der Waals surface area contributed by atoms with E-state index in [-0.39, 0.29) is 19.6 Å². The van der Waals surface area contributed by atoms with E-state index in [9.17, 15) is 14.2 Å². The maximum Gasteiger partial charge on any atom is 0.475 e. The highest BCUT2D eigenvalue weighted by Gasteiger charge is 2.48. The summed E-state index contributed by atoms with van der Waals surface area (Å²) >= 11 is 0. The van der Waals surface area contributed by atoms with Gasteiger partial charge in [0.25, 0.3) is 0 Å². The first kappa shape index (κ1) is 17.1. The molecule has 9 heteroatoms. The van der Waals surface area contributed by atoms with Gasteiger partial charge in [0.15, 0.2) is 6.10 Å². The number of esters is 1. The van der Waals surface area contributed by atoms with Gasteiger partial charge in [-0.15, -0.1) is 0 Å². The van der Waals surface area contributed by atoms with E-state index in [1.165, 1.54) is 14.2 Å². The molecule has 0 aromatic rings. The fourth-order valence-corrected chi connectivity index (χ4v) is 2.99. The maximum atomic E-state index is 12.1. The van der Waals surface area contributed by atoms with E-state index in [2.05, 4.69) is 14.6 Å². The van der Waals surface area contributed by atoms with Gasteiger partial charge in [0.1, 0.15) is 0 Å². The fraction of sp³-hybridized carbons (Fsp3) is 0.818. The van der Waals surface area contributed by atoms with Crippen LogP contribution in [0, 0.1) is 5.41 Å². The van der Waals surface area contributed by atoms with Crippen molar-refractivity contribution >= 4 is 19.7 Å². The summed E-state index contributed by atoms with van der Waals surface area (Å²) in [5.41, 5.74) is -0.665. The summed E-state index contributed by atoms with van der Waals surface area (Å²) in [5.74, 6) is -0.903. The molecule has 116 valence electrons. The number of amides is 1. The molecule has 1 N–H and O–H groups in total. The van der Waals surface area contributed by atoms with E-state index in [0.29, 0.717) is 0 Å². The van der Waals surface area contributed by atoms with Gasteiger partial charge in [0.2, 0.25) is 5.91 Å². The van der Waals surface area contributed by atoms with Crippen LogP contribution in [-0.2, 0) is 32.5 Å². The van der Waals surface area contributed by atoms with Crippen LogP contribution in [0.3, 0.4) is 0 Å². The number of carbonyl (C=O) groups excluding carboxylic acids is 2. The number of phosphoric acid groups is 1. The molecule has 0 aromatic carbocycles. The highest BCUT2D eigenvalue weighted by molar-refractivity contribution is 7.48. The Morgan fingerprint density at radius 3 is 2.60 bits per heavy atom. The second kappa shape index (κ2) is 6.67. The molecule has 0 aliphatic carbocycles. The molecule has 1 aliphatic rings. The molecule has 0 saturated carbocycles. The molecule has 1 aliphatic heterocycles. The molecule has 0 radical (unpaired) electrons. The topological polar surface area (TPSA) is 100 Å². The lowest BCUT2D eigenvalue weighted by Crippen LogP contribution is -2.49. The van der Waals surface area contributed by atoms with Gasteiger partial charge in [-0.1, -0.05) is 13.8 Å². The molecule has 1 saturated heterocycles. The maximum absolute atomic E-state index is 12.1.